The van der Waals surface area contributed by atoms with Crippen molar-refractivity contribution in [3.05, 3.63) is 65.4 Å². The summed E-state index contributed by atoms with van der Waals surface area (Å²) in [6, 6.07) is 14.3. The number of benzene rings is 2. The number of aromatic amines is 1. The Kier molecular flexibility index (Phi) is 5.00. The summed E-state index contributed by atoms with van der Waals surface area (Å²) in [5.41, 5.74) is 2.56. The SMILES string of the molecule is CC(C)CCNC(=O)c1cccc(N2C(=O)N3CCc4c([nH]c5ccccc45)[C@@]3(C)C2=O)c1. The highest BCUT2D eigenvalue weighted by molar-refractivity contribution is 6.24. The predicted octanol–water partition coefficient (Wildman–Crippen LogP) is 4.18. The van der Waals surface area contributed by atoms with Gasteiger partial charge < -0.3 is 15.2 Å². The maximum atomic E-state index is 13.8. The molecule has 7 heteroatoms. The Morgan fingerprint density at radius 1 is 1.15 bits per heavy atom. The van der Waals surface area contributed by atoms with E-state index in [0.29, 0.717) is 36.7 Å². The first kappa shape index (κ1) is 21.2. The van der Waals surface area contributed by atoms with Gasteiger partial charge in [0.1, 0.15) is 0 Å². The minimum Gasteiger partial charge on any atom is -0.356 e. The minimum absolute atomic E-state index is 0.210. The molecule has 1 fully saturated rings. The fraction of sp³-hybridized carbons (Fsp3) is 0.346. The smallest absolute Gasteiger partial charge is 0.332 e. The Balaban J connectivity index is 1.49. The zero-order valence-electron chi connectivity index (χ0n) is 19.1. The fourth-order valence-corrected chi connectivity index (χ4v) is 4.98. The van der Waals surface area contributed by atoms with Gasteiger partial charge in [0.25, 0.3) is 11.8 Å². The molecule has 170 valence electrons. The molecular formula is C26H28N4O3. The van der Waals surface area contributed by atoms with E-state index in [-0.39, 0.29) is 17.8 Å². The van der Waals surface area contributed by atoms with Gasteiger partial charge in [-0.25, -0.2) is 9.69 Å². The summed E-state index contributed by atoms with van der Waals surface area (Å²) >= 11 is 0. The molecule has 5 rings (SSSR count). The van der Waals surface area contributed by atoms with Crippen LogP contribution in [0.25, 0.3) is 10.9 Å². The summed E-state index contributed by atoms with van der Waals surface area (Å²) in [7, 11) is 0. The first-order valence-corrected chi connectivity index (χ1v) is 11.5. The standard InChI is InChI=1S/C26H28N4O3/c1-16(2)11-13-27-23(31)17-7-6-8-18(15-17)30-24(32)26(3)22-20(12-14-29(26)25(30)33)19-9-4-5-10-21(19)28-22/h4-10,15-16,28H,11-14H2,1-3H3,(H,27,31)/t26-/m0/s1. The molecule has 1 saturated heterocycles. The number of nitrogens with zero attached hydrogens (tertiary/aromatic N) is 2. The zero-order chi connectivity index (χ0) is 23.3. The maximum absolute atomic E-state index is 13.8. The molecule has 1 aromatic heterocycles. The van der Waals surface area contributed by atoms with Crippen LogP contribution in [0.15, 0.2) is 48.5 Å². The second-order valence-corrected chi connectivity index (χ2v) is 9.41. The van der Waals surface area contributed by atoms with E-state index in [1.54, 1.807) is 29.2 Å². The number of hydrogen-bond acceptors (Lipinski definition) is 3. The van der Waals surface area contributed by atoms with Gasteiger partial charge in [0.05, 0.1) is 11.4 Å². The Morgan fingerprint density at radius 2 is 1.94 bits per heavy atom. The highest BCUT2D eigenvalue weighted by atomic mass is 16.2. The van der Waals surface area contributed by atoms with Crippen molar-refractivity contribution >= 4 is 34.4 Å². The molecule has 0 spiro atoms. The molecule has 2 aliphatic heterocycles. The van der Waals surface area contributed by atoms with Crippen LogP contribution in [-0.2, 0) is 16.8 Å². The zero-order valence-corrected chi connectivity index (χ0v) is 19.1. The second kappa shape index (κ2) is 7.76. The highest BCUT2D eigenvalue weighted by Crippen LogP contribution is 2.45. The van der Waals surface area contributed by atoms with Crippen LogP contribution >= 0.6 is 0 Å². The number of carbonyl (C=O) groups excluding carboxylic acids is 3. The van der Waals surface area contributed by atoms with Crippen LogP contribution in [-0.4, -0.2) is 40.8 Å². The van der Waals surface area contributed by atoms with Crippen molar-refractivity contribution in [3.63, 3.8) is 0 Å². The number of para-hydroxylation sites is 1. The molecule has 33 heavy (non-hydrogen) atoms. The fourth-order valence-electron chi connectivity index (χ4n) is 4.98. The predicted molar refractivity (Wildman–Crippen MR) is 127 cm³/mol. The molecule has 2 aromatic carbocycles. The number of aromatic nitrogens is 1. The quantitative estimate of drug-likeness (QED) is 0.579. The number of nitrogens with one attached hydrogen (secondary N) is 2. The lowest BCUT2D eigenvalue weighted by Crippen LogP contribution is -2.49. The summed E-state index contributed by atoms with van der Waals surface area (Å²) in [4.78, 5) is 46.1. The van der Waals surface area contributed by atoms with Crippen molar-refractivity contribution in [3.8, 4) is 0 Å². The lowest BCUT2D eigenvalue weighted by atomic mass is 9.87. The van der Waals surface area contributed by atoms with Gasteiger partial charge in [0.2, 0.25) is 0 Å². The molecule has 0 saturated carbocycles. The van der Waals surface area contributed by atoms with E-state index < -0.39 is 5.54 Å². The minimum atomic E-state index is -1.11. The third kappa shape index (κ3) is 3.22. The molecule has 1 atom stereocenters. The van der Waals surface area contributed by atoms with Crippen LogP contribution in [0.2, 0.25) is 0 Å². The van der Waals surface area contributed by atoms with Gasteiger partial charge in [0, 0.05) is 29.6 Å². The van der Waals surface area contributed by atoms with E-state index in [1.807, 2.05) is 31.2 Å². The summed E-state index contributed by atoms with van der Waals surface area (Å²) in [5, 5.41) is 4.00. The summed E-state index contributed by atoms with van der Waals surface area (Å²) in [6.07, 6.45) is 1.56. The molecule has 0 aliphatic carbocycles. The largest absolute Gasteiger partial charge is 0.356 e. The molecule has 2 N–H and O–H groups in total. The molecule has 0 radical (unpaired) electrons. The number of imide groups is 1. The van der Waals surface area contributed by atoms with Gasteiger partial charge in [-0.05, 0) is 55.5 Å². The molecule has 3 aromatic rings. The molecule has 3 heterocycles. The van der Waals surface area contributed by atoms with E-state index in [0.717, 1.165) is 28.6 Å². The third-order valence-corrected chi connectivity index (χ3v) is 6.84. The van der Waals surface area contributed by atoms with Gasteiger partial charge >= 0.3 is 6.03 Å². The molecule has 0 bridgehead atoms. The highest BCUT2D eigenvalue weighted by Gasteiger charge is 2.59. The molecule has 2 aliphatic rings. The monoisotopic (exact) mass is 444 g/mol. The lowest BCUT2D eigenvalue weighted by Gasteiger charge is -2.35. The van der Waals surface area contributed by atoms with Crippen molar-refractivity contribution < 1.29 is 14.4 Å². The van der Waals surface area contributed by atoms with Gasteiger partial charge in [0.15, 0.2) is 5.54 Å². The van der Waals surface area contributed by atoms with E-state index in [9.17, 15) is 14.4 Å². The summed E-state index contributed by atoms with van der Waals surface area (Å²) in [6.45, 7) is 7.05. The maximum Gasteiger partial charge on any atom is 0.332 e. The van der Waals surface area contributed by atoms with Crippen molar-refractivity contribution in [2.24, 2.45) is 5.92 Å². The Labute approximate surface area is 192 Å². The number of rotatable bonds is 5. The van der Waals surface area contributed by atoms with Gasteiger partial charge in [-0.15, -0.1) is 0 Å². The normalized spacial score (nSPS) is 19.9. The topological polar surface area (TPSA) is 85.5 Å². The summed E-state index contributed by atoms with van der Waals surface area (Å²) in [5.74, 6) is -0.0278. The first-order chi connectivity index (χ1) is 15.8. The van der Waals surface area contributed by atoms with E-state index in [4.69, 9.17) is 0 Å². The number of anilines is 1. The number of amides is 4. The van der Waals surface area contributed by atoms with Crippen molar-refractivity contribution in [1.29, 1.82) is 0 Å². The number of carbonyl (C=O) groups is 3. The van der Waals surface area contributed by atoms with Gasteiger partial charge in [-0.2, -0.15) is 0 Å². The Hall–Kier alpha value is -3.61. The van der Waals surface area contributed by atoms with E-state index >= 15 is 0 Å². The second-order valence-electron chi connectivity index (χ2n) is 9.41. The lowest BCUT2D eigenvalue weighted by molar-refractivity contribution is -0.125. The number of fused-ring (bicyclic) bond motifs is 5. The van der Waals surface area contributed by atoms with Crippen molar-refractivity contribution in [2.75, 3.05) is 18.0 Å². The molecule has 0 unspecified atom stereocenters. The van der Waals surface area contributed by atoms with Gasteiger partial charge in [-0.1, -0.05) is 38.1 Å². The number of H-pyrrole nitrogens is 1. The average molecular weight is 445 g/mol. The van der Waals surface area contributed by atoms with Crippen LogP contribution < -0.4 is 10.2 Å². The molecule has 4 amide bonds. The van der Waals surface area contributed by atoms with E-state index in [1.165, 1.54) is 4.90 Å². The number of hydrogen-bond donors (Lipinski definition) is 2. The third-order valence-electron chi connectivity index (χ3n) is 6.84. The van der Waals surface area contributed by atoms with Crippen LogP contribution in [0.5, 0.6) is 0 Å². The Morgan fingerprint density at radius 3 is 2.73 bits per heavy atom. The van der Waals surface area contributed by atoms with Crippen molar-refractivity contribution in [1.82, 2.24) is 15.2 Å². The first-order valence-electron chi connectivity index (χ1n) is 11.5. The van der Waals surface area contributed by atoms with Gasteiger partial charge in [-0.3, -0.25) is 9.59 Å². The van der Waals surface area contributed by atoms with Crippen LogP contribution in [0.1, 0.15) is 48.8 Å². The average Bonchev–Trinajstić information content (AvgIpc) is 3.27. The Bertz CT molecular complexity index is 1280. The van der Waals surface area contributed by atoms with Crippen molar-refractivity contribution in [2.45, 2.75) is 39.2 Å². The van der Waals surface area contributed by atoms with Crippen LogP contribution in [0.4, 0.5) is 10.5 Å². The summed E-state index contributed by atoms with van der Waals surface area (Å²) < 4.78 is 0. The number of urea groups is 1. The van der Waals surface area contributed by atoms with Crippen LogP contribution in [0.3, 0.4) is 0 Å². The molecule has 7 nitrogen and oxygen atoms in total. The molecular weight excluding hydrogens is 416 g/mol. The van der Waals surface area contributed by atoms with Crippen LogP contribution in [0, 0.1) is 5.92 Å². The van der Waals surface area contributed by atoms with E-state index in [2.05, 4.69) is 24.1 Å².